The zero-order valence-corrected chi connectivity index (χ0v) is 19.6. The van der Waals surface area contributed by atoms with Gasteiger partial charge in [0.2, 0.25) is 0 Å². The molecular formula is C24H26Cl2N4O3. The maximum atomic E-state index is 6.51. The lowest BCUT2D eigenvalue weighted by Gasteiger charge is -2.29. The van der Waals surface area contributed by atoms with Gasteiger partial charge < -0.3 is 29.0 Å². The Morgan fingerprint density at radius 2 is 1.94 bits per heavy atom. The Balaban J connectivity index is 1.22. The molecule has 0 spiro atoms. The highest BCUT2D eigenvalue weighted by Crippen LogP contribution is 2.35. The maximum Gasteiger partial charge on any atom is 0.183 e. The molecule has 1 N–H and O–H groups in total. The lowest BCUT2D eigenvalue weighted by atomic mass is 10.1. The number of benzene rings is 2. The number of nitrogens with zero attached hydrogens (tertiary/aromatic N) is 3. The lowest BCUT2D eigenvalue weighted by Crippen LogP contribution is -2.43. The van der Waals surface area contributed by atoms with Gasteiger partial charge in [-0.15, -0.1) is 0 Å². The van der Waals surface area contributed by atoms with Crippen molar-refractivity contribution in [2.75, 3.05) is 44.3 Å². The third kappa shape index (κ3) is 5.28. The van der Waals surface area contributed by atoms with Gasteiger partial charge in [-0.05, 0) is 42.0 Å². The van der Waals surface area contributed by atoms with Crippen molar-refractivity contribution in [3.8, 4) is 5.75 Å². The van der Waals surface area contributed by atoms with Crippen LogP contribution in [-0.4, -0.2) is 61.3 Å². The van der Waals surface area contributed by atoms with Gasteiger partial charge in [0, 0.05) is 54.3 Å². The lowest BCUT2D eigenvalue weighted by molar-refractivity contribution is -0.0860. The fourth-order valence-electron chi connectivity index (χ4n) is 4.21. The van der Waals surface area contributed by atoms with E-state index in [9.17, 15) is 0 Å². The van der Waals surface area contributed by atoms with Crippen LogP contribution in [-0.2, 0) is 9.47 Å². The largest absolute Gasteiger partial charge is 0.491 e. The second-order valence-corrected chi connectivity index (χ2v) is 8.97. The highest BCUT2D eigenvalue weighted by Gasteiger charge is 2.36. The number of imidazole rings is 1. The first kappa shape index (κ1) is 22.5. The zero-order chi connectivity index (χ0) is 22.6. The van der Waals surface area contributed by atoms with Crippen LogP contribution in [0.15, 0.2) is 61.2 Å². The normalized spacial score (nSPS) is 21.8. The van der Waals surface area contributed by atoms with E-state index in [-0.39, 0.29) is 12.1 Å². The van der Waals surface area contributed by atoms with E-state index >= 15 is 0 Å². The van der Waals surface area contributed by atoms with Crippen molar-refractivity contribution >= 4 is 28.9 Å². The van der Waals surface area contributed by atoms with Gasteiger partial charge in [-0.1, -0.05) is 29.3 Å². The number of hydrogen-bond donors (Lipinski definition) is 1. The standard InChI is InChI=1S/C24H26Cl2N4O3/c25-17-1-6-21(22(26)13-17)23(30-12-9-28-16-30)24-32-15-20(33-24)14-31-19-4-2-18(3-5-19)29-10-7-27-8-11-29/h1-6,9,12-13,16,20,23-24,27H,7-8,10-11,14-15H2. The summed E-state index contributed by atoms with van der Waals surface area (Å²) in [5.74, 6) is 0.813. The first-order valence-corrected chi connectivity index (χ1v) is 11.8. The van der Waals surface area contributed by atoms with E-state index in [0.717, 1.165) is 37.5 Å². The summed E-state index contributed by atoms with van der Waals surface area (Å²) in [5.41, 5.74) is 2.07. The SMILES string of the molecule is Clc1ccc(C(C2OCC(COc3ccc(N4CCNCC4)cc3)O2)n2ccnc2)c(Cl)c1. The van der Waals surface area contributed by atoms with E-state index in [2.05, 4.69) is 27.3 Å². The summed E-state index contributed by atoms with van der Waals surface area (Å²) >= 11 is 12.6. The zero-order valence-electron chi connectivity index (χ0n) is 18.1. The van der Waals surface area contributed by atoms with Gasteiger partial charge in [0.05, 0.1) is 12.9 Å². The molecule has 3 unspecified atom stereocenters. The van der Waals surface area contributed by atoms with Crippen molar-refractivity contribution in [3.05, 3.63) is 76.8 Å². The Kier molecular flexibility index (Phi) is 7.04. The summed E-state index contributed by atoms with van der Waals surface area (Å²) in [5, 5.41) is 4.51. The number of piperazine rings is 1. The average molecular weight is 489 g/mol. The van der Waals surface area contributed by atoms with Crippen molar-refractivity contribution in [1.82, 2.24) is 14.9 Å². The first-order valence-electron chi connectivity index (χ1n) is 11.1. The van der Waals surface area contributed by atoms with Crippen LogP contribution in [0.5, 0.6) is 5.75 Å². The number of aromatic nitrogens is 2. The topological polar surface area (TPSA) is 60.8 Å². The average Bonchev–Trinajstić information content (AvgIpc) is 3.53. The molecule has 2 aliphatic rings. The number of nitrogens with one attached hydrogen (secondary N) is 1. The van der Waals surface area contributed by atoms with Crippen LogP contribution in [0.4, 0.5) is 5.69 Å². The molecule has 3 aromatic rings. The highest BCUT2D eigenvalue weighted by atomic mass is 35.5. The molecule has 2 fully saturated rings. The molecule has 2 saturated heterocycles. The van der Waals surface area contributed by atoms with Crippen LogP contribution in [0.3, 0.4) is 0 Å². The van der Waals surface area contributed by atoms with E-state index < -0.39 is 6.29 Å². The first-order chi connectivity index (χ1) is 16.2. The minimum atomic E-state index is -0.526. The van der Waals surface area contributed by atoms with E-state index in [4.69, 9.17) is 37.4 Å². The van der Waals surface area contributed by atoms with Gasteiger partial charge in [-0.25, -0.2) is 4.98 Å². The molecule has 7 nitrogen and oxygen atoms in total. The molecule has 0 amide bonds. The molecule has 0 saturated carbocycles. The van der Waals surface area contributed by atoms with Gasteiger partial charge in [0.25, 0.3) is 0 Å². The highest BCUT2D eigenvalue weighted by molar-refractivity contribution is 6.35. The summed E-state index contributed by atoms with van der Waals surface area (Å²) in [7, 11) is 0. The molecule has 0 radical (unpaired) electrons. The summed E-state index contributed by atoms with van der Waals surface area (Å²) in [6.07, 6.45) is 4.59. The van der Waals surface area contributed by atoms with E-state index in [1.54, 1.807) is 18.6 Å². The second-order valence-electron chi connectivity index (χ2n) is 8.12. The van der Waals surface area contributed by atoms with Crippen LogP contribution >= 0.6 is 23.2 Å². The van der Waals surface area contributed by atoms with Crippen LogP contribution < -0.4 is 15.0 Å². The molecule has 5 rings (SSSR count). The summed E-state index contributed by atoms with van der Waals surface area (Å²) in [6, 6.07) is 13.4. The number of ether oxygens (including phenoxy) is 3. The molecule has 2 aromatic carbocycles. The summed E-state index contributed by atoms with van der Waals surface area (Å²) in [4.78, 5) is 6.55. The van der Waals surface area contributed by atoms with Gasteiger partial charge in [-0.2, -0.15) is 0 Å². The van der Waals surface area contributed by atoms with Gasteiger partial charge in [-0.3, -0.25) is 0 Å². The maximum absolute atomic E-state index is 6.51. The predicted molar refractivity (Wildman–Crippen MR) is 128 cm³/mol. The molecular weight excluding hydrogens is 463 g/mol. The Hall–Kier alpha value is -2.29. The Morgan fingerprint density at radius 1 is 1.12 bits per heavy atom. The molecule has 0 bridgehead atoms. The van der Waals surface area contributed by atoms with Gasteiger partial charge in [0.1, 0.15) is 24.5 Å². The molecule has 2 aliphatic heterocycles. The molecule has 0 aliphatic carbocycles. The summed E-state index contributed by atoms with van der Waals surface area (Å²) in [6.45, 7) is 4.89. The molecule has 1 aromatic heterocycles. The van der Waals surface area contributed by atoms with Gasteiger partial charge in [0.15, 0.2) is 6.29 Å². The van der Waals surface area contributed by atoms with Crippen molar-refractivity contribution in [1.29, 1.82) is 0 Å². The summed E-state index contributed by atoms with van der Waals surface area (Å²) < 4.78 is 20.2. The predicted octanol–water partition coefficient (Wildman–Crippen LogP) is 4.01. The van der Waals surface area contributed by atoms with E-state index in [1.165, 1.54) is 5.69 Å². The third-order valence-corrected chi connectivity index (χ3v) is 6.48. The third-order valence-electron chi connectivity index (χ3n) is 5.91. The number of halogens is 2. The Bertz CT molecular complexity index is 1040. The quantitative estimate of drug-likeness (QED) is 0.542. The van der Waals surface area contributed by atoms with Gasteiger partial charge >= 0.3 is 0 Å². The Labute approximate surface area is 203 Å². The molecule has 3 atom stereocenters. The molecule has 174 valence electrons. The fourth-order valence-corrected chi connectivity index (χ4v) is 4.73. The minimum Gasteiger partial charge on any atom is -0.491 e. The molecule has 3 heterocycles. The molecule has 33 heavy (non-hydrogen) atoms. The Morgan fingerprint density at radius 3 is 2.67 bits per heavy atom. The van der Waals surface area contributed by atoms with Crippen LogP contribution in [0, 0.1) is 0 Å². The van der Waals surface area contributed by atoms with Crippen LogP contribution in [0.25, 0.3) is 0 Å². The second kappa shape index (κ2) is 10.3. The smallest absolute Gasteiger partial charge is 0.183 e. The van der Waals surface area contributed by atoms with Crippen molar-refractivity contribution in [2.45, 2.75) is 18.4 Å². The minimum absolute atomic E-state index is 0.194. The van der Waals surface area contributed by atoms with Crippen molar-refractivity contribution in [3.63, 3.8) is 0 Å². The molecule has 9 heteroatoms. The monoisotopic (exact) mass is 488 g/mol. The number of hydrogen-bond acceptors (Lipinski definition) is 6. The van der Waals surface area contributed by atoms with Crippen LogP contribution in [0.1, 0.15) is 11.6 Å². The number of anilines is 1. The van der Waals surface area contributed by atoms with E-state index in [0.29, 0.717) is 23.3 Å². The number of rotatable bonds is 7. The van der Waals surface area contributed by atoms with Crippen molar-refractivity contribution < 1.29 is 14.2 Å². The van der Waals surface area contributed by atoms with E-state index in [1.807, 2.05) is 35.0 Å². The van der Waals surface area contributed by atoms with Crippen LogP contribution in [0.2, 0.25) is 10.0 Å². The van der Waals surface area contributed by atoms with Crippen molar-refractivity contribution in [2.24, 2.45) is 0 Å². The fraction of sp³-hybridized carbons (Fsp3) is 0.375.